The highest BCUT2D eigenvalue weighted by molar-refractivity contribution is 7.12. The van der Waals surface area contributed by atoms with Crippen LogP contribution in [0, 0.1) is 13.8 Å². The Labute approximate surface area is 134 Å². The maximum Gasteiger partial charge on any atom is 0.261 e. The Kier molecular flexibility index (Phi) is 5.33. The minimum absolute atomic E-state index is 0.190. The van der Waals surface area contributed by atoms with Crippen LogP contribution >= 0.6 is 11.3 Å². The summed E-state index contributed by atoms with van der Waals surface area (Å²) in [5.41, 5.74) is 3.43. The number of aryl methyl sites for hydroxylation is 2. The van der Waals surface area contributed by atoms with Gasteiger partial charge in [0.05, 0.1) is 4.88 Å². The molecule has 0 aliphatic rings. The fourth-order valence-corrected chi connectivity index (χ4v) is 2.75. The van der Waals surface area contributed by atoms with E-state index in [1.807, 2.05) is 37.4 Å². The van der Waals surface area contributed by atoms with Gasteiger partial charge in [0.1, 0.15) is 6.04 Å². The zero-order chi connectivity index (χ0) is 16.1. The van der Waals surface area contributed by atoms with Crippen LogP contribution in [0.25, 0.3) is 0 Å². The summed E-state index contributed by atoms with van der Waals surface area (Å²) in [6.45, 7) is 6.21. The zero-order valence-electron chi connectivity index (χ0n) is 13.0. The molecule has 2 aromatic rings. The molecule has 2 rings (SSSR count). The molecule has 1 aromatic heterocycles. The smallest absolute Gasteiger partial charge is 0.261 e. The molecule has 0 fully saturated rings. The predicted molar refractivity (Wildman–Crippen MR) is 89.0 cm³/mol. The lowest BCUT2D eigenvalue weighted by molar-refractivity contribution is -0.122. The monoisotopic (exact) mass is 316 g/mol. The lowest BCUT2D eigenvalue weighted by Crippen LogP contribution is -2.44. The summed E-state index contributed by atoms with van der Waals surface area (Å²) in [4.78, 5) is 24.6. The lowest BCUT2D eigenvalue weighted by atomic mass is 10.1. The number of rotatable bonds is 5. The maximum atomic E-state index is 12.1. The summed E-state index contributed by atoms with van der Waals surface area (Å²) in [6.07, 6.45) is 0. The van der Waals surface area contributed by atoms with Crippen molar-refractivity contribution in [1.29, 1.82) is 0 Å². The fraction of sp³-hybridized carbons (Fsp3) is 0.294. The SMILES string of the molecule is Cc1ccc(CNC(=O)C(C)NC(=O)c2cccs2)c(C)c1. The number of nitrogens with one attached hydrogen (secondary N) is 2. The van der Waals surface area contributed by atoms with Gasteiger partial charge in [0.2, 0.25) is 5.91 Å². The highest BCUT2D eigenvalue weighted by Gasteiger charge is 2.16. The largest absolute Gasteiger partial charge is 0.350 e. The minimum Gasteiger partial charge on any atom is -0.350 e. The van der Waals surface area contributed by atoms with Gasteiger partial charge in [-0.1, -0.05) is 29.8 Å². The minimum atomic E-state index is -0.569. The first kappa shape index (κ1) is 16.2. The summed E-state index contributed by atoms with van der Waals surface area (Å²) < 4.78 is 0. The molecular formula is C17H20N2O2S. The molecule has 1 heterocycles. The van der Waals surface area contributed by atoms with Crippen molar-refractivity contribution in [2.24, 2.45) is 0 Å². The van der Waals surface area contributed by atoms with Crippen LogP contribution in [0.3, 0.4) is 0 Å². The average molecular weight is 316 g/mol. The van der Waals surface area contributed by atoms with Crippen molar-refractivity contribution in [3.63, 3.8) is 0 Å². The van der Waals surface area contributed by atoms with Crippen LogP contribution in [0.5, 0.6) is 0 Å². The first-order valence-electron chi connectivity index (χ1n) is 7.15. The van der Waals surface area contributed by atoms with Crippen molar-refractivity contribution in [1.82, 2.24) is 10.6 Å². The topological polar surface area (TPSA) is 58.2 Å². The van der Waals surface area contributed by atoms with E-state index in [0.717, 1.165) is 11.1 Å². The van der Waals surface area contributed by atoms with E-state index in [1.54, 1.807) is 13.0 Å². The van der Waals surface area contributed by atoms with Crippen LogP contribution in [0.2, 0.25) is 0 Å². The van der Waals surface area contributed by atoms with Gasteiger partial charge in [-0.25, -0.2) is 0 Å². The molecule has 1 aromatic carbocycles. The van der Waals surface area contributed by atoms with Gasteiger partial charge >= 0.3 is 0 Å². The molecule has 0 saturated carbocycles. The molecule has 0 spiro atoms. The van der Waals surface area contributed by atoms with E-state index in [0.29, 0.717) is 11.4 Å². The average Bonchev–Trinajstić information content (AvgIpc) is 3.00. The second kappa shape index (κ2) is 7.22. The molecule has 0 aliphatic heterocycles. The highest BCUT2D eigenvalue weighted by Crippen LogP contribution is 2.10. The first-order valence-corrected chi connectivity index (χ1v) is 8.03. The van der Waals surface area contributed by atoms with Crippen LogP contribution in [0.1, 0.15) is 33.3 Å². The van der Waals surface area contributed by atoms with Gasteiger partial charge in [0.15, 0.2) is 0 Å². The maximum absolute atomic E-state index is 12.1. The Morgan fingerprint density at radius 3 is 2.64 bits per heavy atom. The molecule has 116 valence electrons. The number of amides is 2. The Morgan fingerprint density at radius 1 is 1.23 bits per heavy atom. The van der Waals surface area contributed by atoms with E-state index in [1.165, 1.54) is 16.9 Å². The van der Waals surface area contributed by atoms with E-state index in [9.17, 15) is 9.59 Å². The van der Waals surface area contributed by atoms with Gasteiger partial charge in [-0.3, -0.25) is 9.59 Å². The van der Waals surface area contributed by atoms with E-state index < -0.39 is 6.04 Å². The molecular weight excluding hydrogens is 296 g/mol. The summed E-state index contributed by atoms with van der Waals surface area (Å²) in [7, 11) is 0. The van der Waals surface area contributed by atoms with Crippen molar-refractivity contribution >= 4 is 23.2 Å². The number of carbonyl (C=O) groups is 2. The number of thiophene rings is 1. The zero-order valence-corrected chi connectivity index (χ0v) is 13.8. The van der Waals surface area contributed by atoms with Gasteiger partial charge in [-0.2, -0.15) is 0 Å². The van der Waals surface area contributed by atoms with Crippen molar-refractivity contribution in [2.75, 3.05) is 0 Å². The van der Waals surface area contributed by atoms with Crippen LogP contribution in [0.15, 0.2) is 35.7 Å². The van der Waals surface area contributed by atoms with Gasteiger partial charge in [-0.05, 0) is 43.3 Å². The van der Waals surface area contributed by atoms with Crippen molar-refractivity contribution in [3.8, 4) is 0 Å². The number of benzene rings is 1. The van der Waals surface area contributed by atoms with Crippen molar-refractivity contribution < 1.29 is 9.59 Å². The van der Waals surface area contributed by atoms with E-state index in [2.05, 4.69) is 16.7 Å². The Balaban J connectivity index is 1.87. The predicted octanol–water partition coefficient (Wildman–Crippen LogP) is 2.80. The molecule has 1 unspecified atom stereocenters. The molecule has 0 radical (unpaired) electrons. The van der Waals surface area contributed by atoms with Crippen LogP contribution in [0.4, 0.5) is 0 Å². The van der Waals surface area contributed by atoms with Gasteiger partial charge in [0, 0.05) is 6.54 Å². The third-order valence-corrected chi connectivity index (χ3v) is 4.31. The molecule has 0 bridgehead atoms. The Bertz CT molecular complexity index is 665. The summed E-state index contributed by atoms with van der Waals surface area (Å²) in [5, 5.41) is 7.39. The number of carbonyl (C=O) groups excluding carboxylic acids is 2. The molecule has 2 N–H and O–H groups in total. The summed E-state index contributed by atoms with van der Waals surface area (Å²) in [6, 6.07) is 9.10. The van der Waals surface area contributed by atoms with E-state index >= 15 is 0 Å². The molecule has 0 aliphatic carbocycles. The summed E-state index contributed by atoms with van der Waals surface area (Å²) >= 11 is 1.35. The number of hydrogen-bond acceptors (Lipinski definition) is 3. The molecule has 4 nitrogen and oxygen atoms in total. The van der Waals surface area contributed by atoms with Gasteiger partial charge in [-0.15, -0.1) is 11.3 Å². The molecule has 5 heteroatoms. The molecule has 2 amide bonds. The van der Waals surface area contributed by atoms with Crippen LogP contribution < -0.4 is 10.6 Å². The third-order valence-electron chi connectivity index (χ3n) is 3.44. The lowest BCUT2D eigenvalue weighted by Gasteiger charge is -2.14. The Hall–Kier alpha value is -2.14. The first-order chi connectivity index (χ1) is 10.5. The Morgan fingerprint density at radius 2 is 2.00 bits per heavy atom. The van der Waals surface area contributed by atoms with E-state index in [-0.39, 0.29) is 11.8 Å². The van der Waals surface area contributed by atoms with Crippen molar-refractivity contribution in [2.45, 2.75) is 33.4 Å². The third kappa shape index (κ3) is 4.18. The highest BCUT2D eigenvalue weighted by atomic mass is 32.1. The molecule has 0 saturated heterocycles. The van der Waals surface area contributed by atoms with Gasteiger partial charge in [0.25, 0.3) is 5.91 Å². The van der Waals surface area contributed by atoms with Crippen LogP contribution in [-0.2, 0) is 11.3 Å². The fourth-order valence-electron chi connectivity index (χ4n) is 2.12. The quantitative estimate of drug-likeness (QED) is 0.891. The summed E-state index contributed by atoms with van der Waals surface area (Å²) in [5.74, 6) is -0.408. The standard InChI is InChI=1S/C17H20N2O2S/c1-11-6-7-14(12(2)9-11)10-18-16(20)13(3)19-17(21)15-5-4-8-22-15/h4-9,13H,10H2,1-3H3,(H,18,20)(H,19,21). The normalized spacial score (nSPS) is 11.8. The van der Waals surface area contributed by atoms with Crippen LogP contribution in [-0.4, -0.2) is 17.9 Å². The second-order valence-electron chi connectivity index (χ2n) is 5.32. The molecule has 22 heavy (non-hydrogen) atoms. The second-order valence-corrected chi connectivity index (χ2v) is 6.27. The number of hydrogen-bond donors (Lipinski definition) is 2. The van der Waals surface area contributed by atoms with Crippen molar-refractivity contribution in [3.05, 3.63) is 57.3 Å². The van der Waals surface area contributed by atoms with Gasteiger partial charge < -0.3 is 10.6 Å². The molecule has 1 atom stereocenters. The van der Waals surface area contributed by atoms with E-state index in [4.69, 9.17) is 0 Å².